The molecule has 11 heavy (non-hydrogen) atoms. The average Bonchev–Trinajstić information content (AvgIpc) is 2.76. The van der Waals surface area contributed by atoms with Gasteiger partial charge in [-0.25, -0.2) is 4.68 Å². The molecular weight excluding hydrogens is 143 g/mol. The quantitative estimate of drug-likeness (QED) is 0.602. The maximum atomic E-state index is 13.0. The van der Waals surface area contributed by atoms with E-state index in [4.69, 9.17) is 0 Å². The van der Waals surface area contributed by atoms with Crippen molar-refractivity contribution in [3.8, 4) is 0 Å². The van der Waals surface area contributed by atoms with Crippen LogP contribution in [0.3, 0.4) is 0 Å². The zero-order chi connectivity index (χ0) is 8.01. The maximum absolute atomic E-state index is 13.0. The molecule has 3 heteroatoms. The third-order valence-electron chi connectivity index (χ3n) is 2.20. The van der Waals surface area contributed by atoms with Gasteiger partial charge in [0.1, 0.15) is 0 Å². The topological polar surface area (TPSA) is 17.8 Å². The van der Waals surface area contributed by atoms with Crippen LogP contribution in [0.25, 0.3) is 0 Å². The molecule has 0 bridgehead atoms. The lowest BCUT2D eigenvalue weighted by atomic mass is 10.2. The van der Waals surface area contributed by atoms with Crippen molar-refractivity contribution in [2.75, 3.05) is 0 Å². The van der Waals surface area contributed by atoms with E-state index < -0.39 is 0 Å². The van der Waals surface area contributed by atoms with E-state index in [-0.39, 0.29) is 5.95 Å². The molecule has 0 spiro atoms. The molecule has 1 aromatic rings. The molecule has 1 heterocycles. The van der Waals surface area contributed by atoms with Crippen LogP contribution >= 0.6 is 0 Å². The van der Waals surface area contributed by atoms with Crippen LogP contribution in [0.1, 0.15) is 30.0 Å². The van der Waals surface area contributed by atoms with Crippen LogP contribution in [0.15, 0.2) is 0 Å². The maximum Gasteiger partial charge on any atom is 0.214 e. The molecule has 1 aliphatic carbocycles. The van der Waals surface area contributed by atoms with E-state index in [0.29, 0.717) is 5.92 Å². The Balaban J connectivity index is 2.46. The third kappa shape index (κ3) is 0.951. The fraction of sp³-hybridized carbons (Fsp3) is 0.625. The van der Waals surface area contributed by atoms with E-state index in [1.807, 2.05) is 0 Å². The molecule has 0 unspecified atom stereocenters. The van der Waals surface area contributed by atoms with Gasteiger partial charge in [0.05, 0.1) is 5.69 Å². The molecular formula is C8H11FN2. The van der Waals surface area contributed by atoms with Crippen molar-refractivity contribution in [1.29, 1.82) is 0 Å². The Bertz CT molecular complexity index is 287. The lowest BCUT2D eigenvalue weighted by molar-refractivity contribution is 0.498. The van der Waals surface area contributed by atoms with Crippen LogP contribution < -0.4 is 0 Å². The minimum atomic E-state index is -0.188. The zero-order valence-electron chi connectivity index (χ0n) is 6.76. The number of aromatic nitrogens is 2. The van der Waals surface area contributed by atoms with Crippen LogP contribution in [0.4, 0.5) is 4.39 Å². The number of hydrogen-bond acceptors (Lipinski definition) is 1. The molecule has 0 aromatic carbocycles. The summed E-state index contributed by atoms with van der Waals surface area (Å²) < 4.78 is 14.4. The molecule has 1 fully saturated rings. The highest BCUT2D eigenvalue weighted by Crippen LogP contribution is 2.40. The minimum absolute atomic E-state index is 0.188. The van der Waals surface area contributed by atoms with Crippen molar-refractivity contribution in [2.24, 2.45) is 7.05 Å². The number of aryl methyl sites for hydroxylation is 1. The molecule has 1 aromatic heterocycles. The van der Waals surface area contributed by atoms with E-state index >= 15 is 0 Å². The largest absolute Gasteiger partial charge is 0.242 e. The van der Waals surface area contributed by atoms with E-state index in [1.54, 1.807) is 14.0 Å². The van der Waals surface area contributed by atoms with Crippen LogP contribution in [-0.2, 0) is 7.05 Å². The predicted octanol–water partition coefficient (Wildman–Crippen LogP) is 1.75. The van der Waals surface area contributed by atoms with Gasteiger partial charge in [-0.2, -0.15) is 9.49 Å². The fourth-order valence-electron chi connectivity index (χ4n) is 1.37. The number of hydrogen-bond donors (Lipinski definition) is 0. The summed E-state index contributed by atoms with van der Waals surface area (Å²) >= 11 is 0. The second-order valence-electron chi connectivity index (χ2n) is 3.20. The highest BCUT2D eigenvalue weighted by molar-refractivity contribution is 5.24. The van der Waals surface area contributed by atoms with Crippen LogP contribution in [0.2, 0.25) is 0 Å². The van der Waals surface area contributed by atoms with E-state index in [0.717, 1.165) is 11.3 Å². The van der Waals surface area contributed by atoms with Gasteiger partial charge in [-0.05, 0) is 19.8 Å². The molecule has 0 amide bonds. The Morgan fingerprint density at radius 1 is 1.55 bits per heavy atom. The lowest BCUT2D eigenvalue weighted by Crippen LogP contribution is -1.93. The summed E-state index contributed by atoms with van der Waals surface area (Å²) in [6, 6.07) is 0. The molecule has 0 saturated heterocycles. The summed E-state index contributed by atoms with van der Waals surface area (Å²) in [4.78, 5) is 0. The van der Waals surface area contributed by atoms with Crippen molar-refractivity contribution >= 4 is 0 Å². The van der Waals surface area contributed by atoms with Crippen molar-refractivity contribution in [2.45, 2.75) is 25.7 Å². The highest BCUT2D eigenvalue weighted by atomic mass is 19.1. The Kier molecular flexibility index (Phi) is 1.28. The monoisotopic (exact) mass is 154 g/mol. The summed E-state index contributed by atoms with van der Waals surface area (Å²) in [6.45, 7) is 1.80. The summed E-state index contributed by atoms with van der Waals surface area (Å²) in [5, 5.41) is 4.11. The Morgan fingerprint density at radius 3 is 2.55 bits per heavy atom. The molecule has 2 rings (SSSR count). The Hall–Kier alpha value is -0.860. The highest BCUT2D eigenvalue weighted by Gasteiger charge is 2.29. The van der Waals surface area contributed by atoms with E-state index in [9.17, 15) is 4.39 Å². The molecule has 2 nitrogen and oxygen atoms in total. The molecule has 0 radical (unpaired) electrons. The first kappa shape index (κ1) is 6.83. The molecule has 1 saturated carbocycles. The van der Waals surface area contributed by atoms with E-state index in [1.165, 1.54) is 17.5 Å². The molecule has 60 valence electrons. The average molecular weight is 154 g/mol. The standard InChI is InChI=1S/C8H11FN2/c1-5-7(6-3-4-6)10-11(2)8(5)9/h6H,3-4H2,1-2H3. The third-order valence-corrected chi connectivity index (χ3v) is 2.20. The van der Waals surface area contributed by atoms with Crippen molar-refractivity contribution in [3.05, 3.63) is 17.2 Å². The predicted molar refractivity (Wildman–Crippen MR) is 39.9 cm³/mol. The van der Waals surface area contributed by atoms with Gasteiger partial charge < -0.3 is 0 Å². The minimum Gasteiger partial charge on any atom is -0.242 e. The van der Waals surface area contributed by atoms with Crippen molar-refractivity contribution in [1.82, 2.24) is 9.78 Å². The normalized spacial score (nSPS) is 17.4. The van der Waals surface area contributed by atoms with Gasteiger partial charge in [-0.15, -0.1) is 0 Å². The summed E-state index contributed by atoms with van der Waals surface area (Å²) in [6.07, 6.45) is 2.36. The van der Waals surface area contributed by atoms with Crippen LogP contribution in [-0.4, -0.2) is 9.78 Å². The Labute approximate surface area is 65.0 Å². The second kappa shape index (κ2) is 2.06. The van der Waals surface area contributed by atoms with Gasteiger partial charge in [-0.3, -0.25) is 0 Å². The number of nitrogens with zero attached hydrogens (tertiary/aromatic N) is 2. The summed E-state index contributed by atoms with van der Waals surface area (Å²) in [7, 11) is 1.65. The first-order valence-corrected chi connectivity index (χ1v) is 3.89. The molecule has 0 atom stereocenters. The number of rotatable bonds is 1. The van der Waals surface area contributed by atoms with Gasteiger partial charge in [-0.1, -0.05) is 0 Å². The second-order valence-corrected chi connectivity index (χ2v) is 3.20. The zero-order valence-corrected chi connectivity index (χ0v) is 6.76. The lowest BCUT2D eigenvalue weighted by Gasteiger charge is -1.88. The number of halogens is 1. The molecule has 1 aliphatic rings. The Morgan fingerprint density at radius 2 is 2.18 bits per heavy atom. The van der Waals surface area contributed by atoms with Crippen molar-refractivity contribution < 1.29 is 4.39 Å². The smallest absolute Gasteiger partial charge is 0.214 e. The van der Waals surface area contributed by atoms with Gasteiger partial charge in [0, 0.05) is 18.5 Å². The van der Waals surface area contributed by atoms with E-state index in [2.05, 4.69) is 5.10 Å². The van der Waals surface area contributed by atoms with Gasteiger partial charge in [0.15, 0.2) is 0 Å². The molecule has 0 N–H and O–H groups in total. The van der Waals surface area contributed by atoms with Crippen LogP contribution in [0.5, 0.6) is 0 Å². The first-order chi connectivity index (χ1) is 5.20. The summed E-state index contributed by atoms with van der Waals surface area (Å²) in [5.74, 6) is 0.359. The van der Waals surface area contributed by atoms with Crippen molar-refractivity contribution in [3.63, 3.8) is 0 Å². The van der Waals surface area contributed by atoms with Gasteiger partial charge >= 0.3 is 0 Å². The summed E-state index contributed by atoms with van der Waals surface area (Å²) in [5.41, 5.74) is 1.69. The fourth-order valence-corrected chi connectivity index (χ4v) is 1.37. The van der Waals surface area contributed by atoms with Gasteiger partial charge in [0.25, 0.3) is 0 Å². The van der Waals surface area contributed by atoms with Gasteiger partial charge in [0.2, 0.25) is 5.95 Å². The first-order valence-electron chi connectivity index (χ1n) is 3.89. The molecule has 0 aliphatic heterocycles. The SMILES string of the molecule is Cc1c(C2CC2)nn(C)c1F. The van der Waals surface area contributed by atoms with Crippen LogP contribution in [0, 0.1) is 12.9 Å².